The lowest BCUT2D eigenvalue weighted by molar-refractivity contribution is -0.159. The number of nitrogens with one attached hydrogen (secondary N) is 4. The average molecular weight is 1280 g/mol. The fraction of sp³-hybridized carbons (Fsp3) is 0.657. The molecule has 0 aliphatic rings. The van der Waals surface area contributed by atoms with Crippen molar-refractivity contribution in [2.45, 2.75) is 209 Å². The van der Waals surface area contributed by atoms with Crippen LogP contribution in [-0.4, -0.2) is 203 Å². The van der Waals surface area contributed by atoms with Gasteiger partial charge in [0, 0.05) is 41.7 Å². The summed E-state index contributed by atoms with van der Waals surface area (Å²) in [5, 5.41) is 20.8. The second-order valence-corrected chi connectivity index (χ2v) is 27.2. The molecule has 91 heavy (non-hydrogen) atoms. The van der Waals surface area contributed by atoms with Gasteiger partial charge in [-0.1, -0.05) is 136 Å². The van der Waals surface area contributed by atoms with Crippen molar-refractivity contribution in [1.29, 1.82) is 0 Å². The van der Waals surface area contributed by atoms with Gasteiger partial charge in [-0.25, -0.2) is 9.59 Å². The zero-order valence-electron chi connectivity index (χ0n) is 57.8. The van der Waals surface area contributed by atoms with E-state index in [1.54, 1.807) is 119 Å². The van der Waals surface area contributed by atoms with Crippen molar-refractivity contribution >= 4 is 65.3 Å². The number of carboxylic acid groups (broad SMARTS) is 1. The molecule has 0 aromatic heterocycles. The summed E-state index contributed by atoms with van der Waals surface area (Å²) in [4.78, 5) is 161. The molecular weight excluding hydrogens is 1170 g/mol. The topological polar surface area (TPSA) is 300 Å². The SMILES string of the molecule is CC[C@H](C)[C@@H](C(=O)N[C@@H](COC(C)(C)C)C(=O)N(C)[C@@H](Cc1ccccc1)C(=O)N(C)[C@H](C(=O)N[C@@H](CC(=O)OC(C)(C)C)C(=O)O)C(C)C)N(C)C(=O)CN(C)C(=O)[C@@H](NC(=O)[C@H](CC(C)C)N(C)C(=O)[C@H](CC(C)C)NC(=O)OCc1ccccc1)C(C)C. The van der Waals surface area contributed by atoms with E-state index in [-0.39, 0.29) is 37.7 Å². The minimum absolute atomic E-state index is 0.0220. The smallest absolute Gasteiger partial charge is 0.408 e. The van der Waals surface area contributed by atoms with Crippen molar-refractivity contribution in [3.63, 3.8) is 0 Å². The summed E-state index contributed by atoms with van der Waals surface area (Å²) < 4.78 is 16.9. The second kappa shape index (κ2) is 36.4. The van der Waals surface area contributed by atoms with E-state index >= 15 is 4.79 Å². The van der Waals surface area contributed by atoms with Crippen LogP contribution in [0.3, 0.4) is 0 Å². The summed E-state index contributed by atoms with van der Waals surface area (Å²) in [5.41, 5.74) is -0.395. The molecule has 0 aliphatic heterocycles. The van der Waals surface area contributed by atoms with Gasteiger partial charge in [-0.2, -0.15) is 0 Å². The first kappa shape index (κ1) is 79.5. The molecule has 9 amide bonds. The van der Waals surface area contributed by atoms with E-state index in [1.165, 1.54) is 45.0 Å². The van der Waals surface area contributed by atoms with Crippen LogP contribution in [-0.2, 0) is 75.2 Å². The Bertz CT molecular complexity index is 2750. The molecule has 2 rings (SSSR count). The van der Waals surface area contributed by atoms with Gasteiger partial charge in [0.15, 0.2) is 0 Å². The highest BCUT2D eigenvalue weighted by atomic mass is 16.6. The zero-order chi connectivity index (χ0) is 69.6. The number of nitrogens with zero attached hydrogens (tertiary/aromatic N) is 5. The number of hydrogen-bond donors (Lipinski definition) is 5. The number of alkyl carbamates (subject to hydrolysis) is 1. The van der Waals surface area contributed by atoms with Crippen LogP contribution in [0.5, 0.6) is 0 Å². The van der Waals surface area contributed by atoms with Gasteiger partial charge in [-0.3, -0.25) is 43.2 Å². The number of benzene rings is 2. The average Bonchev–Trinajstić information content (AvgIpc) is 0.908. The standard InChI is InChI=1S/C67H107N9O15/c1-22-44(10)56(75(20)52(77)37-72(17)63(85)54(42(6)7)71-57(79)50(34-41(4)5)73(18)60(82)47(33-40(2)3)70-65(88)89-38-46-31-27-24-28-32-46)59(81)69-49(39-90-66(11,12)13)61(83)74(19)51(35-45-29-25-23-26-30-45)62(84)76(21)55(43(8)9)58(80)68-48(64(86)87)36-53(78)91-67(14,15)16/h23-32,40-44,47-51,54-56H,22,33-39H2,1-21H3,(H,68,80)(H,69,81)(H,70,88)(H,71,79)(H,86,87)/t44-,47-,48-,49-,50-,51-,54-,55-,56-/m0/s1. The molecule has 24 heteroatoms. The maximum atomic E-state index is 15.1. The number of carboxylic acids is 1. The van der Waals surface area contributed by atoms with Gasteiger partial charge in [-0.15, -0.1) is 0 Å². The highest BCUT2D eigenvalue weighted by Gasteiger charge is 2.43. The number of esters is 1. The first-order chi connectivity index (χ1) is 42.1. The van der Waals surface area contributed by atoms with E-state index in [9.17, 15) is 53.1 Å². The summed E-state index contributed by atoms with van der Waals surface area (Å²) in [6.45, 7) is 27.0. The van der Waals surface area contributed by atoms with Gasteiger partial charge in [0.1, 0.15) is 60.5 Å². The highest BCUT2D eigenvalue weighted by Crippen LogP contribution is 2.22. The number of aliphatic carboxylic acids is 1. The molecule has 0 spiro atoms. The summed E-state index contributed by atoms with van der Waals surface area (Å²) in [7, 11) is 7.01. The number of carbonyl (C=O) groups excluding carboxylic acids is 10. The molecule has 0 radical (unpaired) electrons. The Labute approximate surface area is 539 Å². The molecule has 0 heterocycles. The van der Waals surface area contributed by atoms with Crippen LogP contribution in [0.25, 0.3) is 0 Å². The van der Waals surface area contributed by atoms with E-state index < -0.39 is 162 Å². The van der Waals surface area contributed by atoms with Crippen LogP contribution in [0.15, 0.2) is 60.7 Å². The number of amides is 9. The Hall–Kier alpha value is -7.63. The van der Waals surface area contributed by atoms with E-state index in [4.69, 9.17) is 14.2 Å². The number of likely N-dealkylation sites (N-methyl/N-ethyl adjacent to an activating group) is 5. The van der Waals surface area contributed by atoms with Gasteiger partial charge in [0.25, 0.3) is 0 Å². The maximum absolute atomic E-state index is 15.1. The fourth-order valence-electron chi connectivity index (χ4n) is 10.2. The van der Waals surface area contributed by atoms with E-state index in [0.29, 0.717) is 12.0 Å². The molecule has 0 bridgehead atoms. The monoisotopic (exact) mass is 1280 g/mol. The lowest BCUT2D eigenvalue weighted by Crippen LogP contribution is -2.62. The van der Waals surface area contributed by atoms with Crippen LogP contribution in [0.2, 0.25) is 0 Å². The predicted octanol–water partition coefficient (Wildman–Crippen LogP) is 5.83. The second-order valence-electron chi connectivity index (χ2n) is 27.2. The van der Waals surface area contributed by atoms with Crippen molar-refractivity contribution in [1.82, 2.24) is 45.8 Å². The summed E-state index contributed by atoms with van der Waals surface area (Å²) in [6.07, 6.45) is -0.754. The van der Waals surface area contributed by atoms with Gasteiger partial charge in [-0.05, 0) is 95.1 Å². The third-order valence-electron chi connectivity index (χ3n) is 15.3. The molecule has 510 valence electrons. The third kappa shape index (κ3) is 26.2. The number of rotatable bonds is 34. The minimum atomic E-state index is -1.70. The normalized spacial score (nSPS) is 14.7. The highest BCUT2D eigenvalue weighted by molar-refractivity contribution is 5.98. The first-order valence-electron chi connectivity index (χ1n) is 31.4. The van der Waals surface area contributed by atoms with Crippen molar-refractivity contribution in [3.05, 3.63) is 71.8 Å². The van der Waals surface area contributed by atoms with Crippen LogP contribution < -0.4 is 21.3 Å². The van der Waals surface area contributed by atoms with Crippen molar-refractivity contribution in [2.24, 2.45) is 29.6 Å². The maximum Gasteiger partial charge on any atom is 0.408 e. The molecular formula is C67H107N9O15. The quantitative estimate of drug-likeness (QED) is 0.0515. The van der Waals surface area contributed by atoms with Crippen LogP contribution in [0.1, 0.15) is 148 Å². The summed E-state index contributed by atoms with van der Waals surface area (Å²) in [6, 6.07) is 7.48. The van der Waals surface area contributed by atoms with Gasteiger partial charge in [0.2, 0.25) is 47.3 Å². The summed E-state index contributed by atoms with van der Waals surface area (Å²) >= 11 is 0. The van der Waals surface area contributed by atoms with Gasteiger partial charge >= 0.3 is 18.0 Å². The van der Waals surface area contributed by atoms with Gasteiger partial charge in [0.05, 0.1) is 25.2 Å². The third-order valence-corrected chi connectivity index (χ3v) is 15.3. The van der Waals surface area contributed by atoms with Crippen molar-refractivity contribution in [3.8, 4) is 0 Å². The Morgan fingerprint density at radius 1 is 0.527 bits per heavy atom. The molecule has 5 N–H and O–H groups in total. The van der Waals surface area contributed by atoms with Crippen LogP contribution in [0, 0.1) is 29.6 Å². The van der Waals surface area contributed by atoms with E-state index in [1.807, 2.05) is 52.8 Å². The zero-order valence-corrected chi connectivity index (χ0v) is 57.8. The van der Waals surface area contributed by atoms with Crippen LogP contribution in [0.4, 0.5) is 4.79 Å². The van der Waals surface area contributed by atoms with Crippen LogP contribution >= 0.6 is 0 Å². The van der Waals surface area contributed by atoms with Gasteiger partial charge < -0.3 is 65.1 Å². The predicted molar refractivity (Wildman–Crippen MR) is 345 cm³/mol. The lowest BCUT2D eigenvalue weighted by Gasteiger charge is -2.38. The Kier molecular flexibility index (Phi) is 31.8. The van der Waals surface area contributed by atoms with Crippen molar-refractivity contribution in [2.75, 3.05) is 48.4 Å². The number of carbonyl (C=O) groups is 11. The number of ether oxygens (including phenoxy) is 3. The Morgan fingerprint density at radius 2 is 1.03 bits per heavy atom. The number of hydrogen-bond acceptors (Lipinski definition) is 14. The Balaban J connectivity index is 2.50. The molecule has 0 unspecified atom stereocenters. The molecule has 0 saturated carbocycles. The molecule has 2 aromatic rings. The molecule has 9 atom stereocenters. The molecule has 0 saturated heterocycles. The fourth-order valence-corrected chi connectivity index (χ4v) is 10.2. The molecule has 24 nitrogen and oxygen atoms in total. The molecule has 2 aromatic carbocycles. The summed E-state index contributed by atoms with van der Waals surface area (Å²) in [5.74, 6) is -9.74. The first-order valence-corrected chi connectivity index (χ1v) is 31.4. The molecule has 0 fully saturated rings. The largest absolute Gasteiger partial charge is 0.480 e. The molecule has 0 aliphatic carbocycles. The minimum Gasteiger partial charge on any atom is -0.480 e. The van der Waals surface area contributed by atoms with Crippen molar-refractivity contribution < 1.29 is 72.1 Å². The Morgan fingerprint density at radius 3 is 1.52 bits per heavy atom. The van der Waals surface area contributed by atoms with E-state index in [2.05, 4.69) is 21.3 Å². The lowest BCUT2D eigenvalue weighted by atomic mass is 9.96. The van der Waals surface area contributed by atoms with E-state index in [0.717, 1.165) is 20.3 Å².